The van der Waals surface area contributed by atoms with Gasteiger partial charge in [-0.3, -0.25) is 0 Å². The lowest BCUT2D eigenvalue weighted by atomic mass is 10.1. The van der Waals surface area contributed by atoms with E-state index < -0.39 is 0 Å². The first-order valence-corrected chi connectivity index (χ1v) is 5.94. The molecule has 1 aliphatic rings. The van der Waals surface area contributed by atoms with Crippen LogP contribution >= 0.6 is 22.6 Å². The number of hydrogen-bond acceptors (Lipinski definition) is 2. The molecule has 1 atom stereocenters. The third kappa shape index (κ3) is 2.30. The third-order valence-corrected chi connectivity index (χ3v) is 3.34. The highest BCUT2D eigenvalue weighted by atomic mass is 127. The fraction of sp³-hybridized carbons (Fsp3) is 0.364. The highest BCUT2D eigenvalue weighted by molar-refractivity contribution is 14.1. The molecule has 0 bridgehead atoms. The first-order chi connectivity index (χ1) is 7.20. The molecule has 0 aliphatic carbocycles. The number of hydrogen-bond donors (Lipinski definition) is 0. The van der Waals surface area contributed by atoms with Crippen LogP contribution in [-0.2, 0) is 4.79 Å². The van der Waals surface area contributed by atoms with Gasteiger partial charge in [-0.05, 0) is 47.2 Å². The fourth-order valence-electron chi connectivity index (χ4n) is 1.85. The molecule has 0 aromatic heterocycles. The summed E-state index contributed by atoms with van der Waals surface area (Å²) in [5, 5.41) is 0. The van der Waals surface area contributed by atoms with E-state index in [-0.39, 0.29) is 11.7 Å². The van der Waals surface area contributed by atoms with Crippen LogP contribution in [-0.4, -0.2) is 19.4 Å². The molecule has 0 radical (unpaired) electrons. The van der Waals surface area contributed by atoms with Gasteiger partial charge < -0.3 is 9.69 Å². The zero-order valence-electron chi connectivity index (χ0n) is 8.12. The summed E-state index contributed by atoms with van der Waals surface area (Å²) >= 11 is 2.08. The monoisotopic (exact) mass is 319 g/mol. The summed E-state index contributed by atoms with van der Waals surface area (Å²) in [6.45, 7) is 1.40. The Hall–Kier alpha value is -0.650. The molecule has 1 fully saturated rings. The molecule has 1 aromatic rings. The average Bonchev–Trinajstić information content (AvgIpc) is 2.66. The smallest absolute Gasteiger partial charge is 0.147 e. The zero-order valence-corrected chi connectivity index (χ0v) is 10.3. The number of carbonyl (C=O) groups is 1. The van der Waals surface area contributed by atoms with Crippen LogP contribution in [0.25, 0.3) is 0 Å². The zero-order chi connectivity index (χ0) is 10.8. The molecule has 2 nitrogen and oxygen atoms in total. The maximum absolute atomic E-state index is 13.6. The van der Waals surface area contributed by atoms with Crippen LogP contribution in [0.1, 0.15) is 6.42 Å². The molecule has 0 amide bonds. The van der Waals surface area contributed by atoms with Crippen LogP contribution < -0.4 is 4.90 Å². The first-order valence-electron chi connectivity index (χ1n) is 4.86. The normalized spacial score (nSPS) is 20.7. The standard InChI is InChI=1S/C11H11FINO/c12-10-5-9(13)1-2-11(10)14-4-3-8(6-14)7-15/h1-2,5,7-8H,3-4,6H2/t8-/m0/s1. The van der Waals surface area contributed by atoms with Gasteiger partial charge >= 0.3 is 0 Å². The summed E-state index contributed by atoms with van der Waals surface area (Å²) in [6.07, 6.45) is 1.79. The number of carbonyl (C=O) groups excluding carboxylic acids is 1. The topological polar surface area (TPSA) is 20.3 Å². The van der Waals surface area contributed by atoms with Crippen LogP contribution in [0.2, 0.25) is 0 Å². The van der Waals surface area contributed by atoms with Crippen molar-refractivity contribution in [3.63, 3.8) is 0 Å². The fourth-order valence-corrected chi connectivity index (χ4v) is 2.31. The Balaban J connectivity index is 2.20. The van der Waals surface area contributed by atoms with Crippen LogP contribution in [0.5, 0.6) is 0 Å². The van der Waals surface area contributed by atoms with Gasteiger partial charge in [0.15, 0.2) is 0 Å². The van der Waals surface area contributed by atoms with E-state index in [2.05, 4.69) is 22.6 Å². The maximum Gasteiger partial charge on any atom is 0.147 e. The molecule has 2 rings (SSSR count). The van der Waals surface area contributed by atoms with E-state index >= 15 is 0 Å². The second-order valence-electron chi connectivity index (χ2n) is 3.73. The van der Waals surface area contributed by atoms with E-state index in [1.807, 2.05) is 11.0 Å². The largest absolute Gasteiger partial charge is 0.368 e. The van der Waals surface area contributed by atoms with Crippen LogP contribution in [0, 0.1) is 15.3 Å². The van der Waals surface area contributed by atoms with Crippen molar-refractivity contribution < 1.29 is 9.18 Å². The van der Waals surface area contributed by atoms with Gasteiger partial charge in [0.25, 0.3) is 0 Å². The molecule has 0 N–H and O–H groups in total. The summed E-state index contributed by atoms with van der Waals surface area (Å²) in [5.74, 6) is -0.142. The summed E-state index contributed by atoms with van der Waals surface area (Å²) in [7, 11) is 0. The Labute approximate surface area is 102 Å². The minimum absolute atomic E-state index is 0.0590. The molecular formula is C11H11FINO. The molecule has 80 valence electrons. The Kier molecular flexibility index (Phi) is 3.23. The molecule has 0 spiro atoms. The van der Waals surface area contributed by atoms with Gasteiger partial charge in [-0.15, -0.1) is 0 Å². The van der Waals surface area contributed by atoms with Crippen LogP contribution in [0.3, 0.4) is 0 Å². The number of halogens is 2. The molecule has 0 unspecified atom stereocenters. The lowest BCUT2D eigenvalue weighted by Crippen LogP contribution is -2.21. The highest BCUT2D eigenvalue weighted by Gasteiger charge is 2.23. The van der Waals surface area contributed by atoms with Crippen molar-refractivity contribution in [1.29, 1.82) is 0 Å². The number of benzene rings is 1. The molecule has 0 saturated carbocycles. The molecule has 1 heterocycles. The number of anilines is 1. The van der Waals surface area contributed by atoms with Gasteiger partial charge in [-0.1, -0.05) is 0 Å². The Morgan fingerprint density at radius 1 is 1.53 bits per heavy atom. The van der Waals surface area contributed by atoms with Gasteiger partial charge in [0.05, 0.1) is 5.69 Å². The first kappa shape index (κ1) is 10.9. The van der Waals surface area contributed by atoms with E-state index in [0.717, 1.165) is 22.8 Å². The van der Waals surface area contributed by atoms with Gasteiger partial charge in [-0.2, -0.15) is 0 Å². The van der Waals surface area contributed by atoms with Crippen molar-refractivity contribution in [3.8, 4) is 0 Å². The quantitative estimate of drug-likeness (QED) is 0.616. The lowest BCUT2D eigenvalue weighted by molar-refractivity contribution is -0.110. The summed E-state index contributed by atoms with van der Waals surface area (Å²) in [6, 6.07) is 5.18. The van der Waals surface area contributed by atoms with E-state index in [1.54, 1.807) is 6.07 Å². The molecule has 1 aromatic carbocycles. The number of aldehydes is 1. The second kappa shape index (κ2) is 4.47. The minimum atomic E-state index is -0.201. The predicted octanol–water partition coefficient (Wildman–Crippen LogP) is 2.46. The molecule has 15 heavy (non-hydrogen) atoms. The van der Waals surface area contributed by atoms with Crippen molar-refractivity contribution in [1.82, 2.24) is 0 Å². The maximum atomic E-state index is 13.6. The Bertz CT molecular complexity index is 383. The summed E-state index contributed by atoms with van der Waals surface area (Å²) in [5.41, 5.74) is 0.611. The molecule has 1 aliphatic heterocycles. The SMILES string of the molecule is O=C[C@H]1CCN(c2ccc(I)cc2F)C1. The van der Waals surface area contributed by atoms with E-state index in [1.165, 1.54) is 6.07 Å². The van der Waals surface area contributed by atoms with Crippen molar-refractivity contribution in [2.75, 3.05) is 18.0 Å². The molecular weight excluding hydrogens is 308 g/mol. The lowest BCUT2D eigenvalue weighted by Gasteiger charge is -2.18. The third-order valence-electron chi connectivity index (χ3n) is 2.67. The highest BCUT2D eigenvalue weighted by Crippen LogP contribution is 2.26. The van der Waals surface area contributed by atoms with Crippen molar-refractivity contribution in [2.45, 2.75) is 6.42 Å². The second-order valence-corrected chi connectivity index (χ2v) is 4.97. The number of nitrogens with zero attached hydrogens (tertiary/aromatic N) is 1. The molecule has 1 saturated heterocycles. The van der Waals surface area contributed by atoms with Crippen molar-refractivity contribution in [3.05, 3.63) is 27.6 Å². The summed E-state index contributed by atoms with van der Waals surface area (Å²) in [4.78, 5) is 12.5. The number of rotatable bonds is 2. The minimum Gasteiger partial charge on any atom is -0.368 e. The van der Waals surface area contributed by atoms with Crippen molar-refractivity contribution in [2.24, 2.45) is 5.92 Å². The predicted molar refractivity (Wildman–Crippen MR) is 65.5 cm³/mol. The van der Waals surface area contributed by atoms with Crippen LogP contribution in [0.15, 0.2) is 18.2 Å². The Morgan fingerprint density at radius 3 is 2.93 bits per heavy atom. The average molecular weight is 319 g/mol. The van der Waals surface area contributed by atoms with Gasteiger partial charge in [-0.25, -0.2) is 4.39 Å². The summed E-state index contributed by atoms with van der Waals surface area (Å²) < 4.78 is 14.5. The van der Waals surface area contributed by atoms with Gasteiger partial charge in [0, 0.05) is 22.6 Å². The Morgan fingerprint density at radius 2 is 2.33 bits per heavy atom. The van der Waals surface area contributed by atoms with Crippen molar-refractivity contribution >= 4 is 34.6 Å². The van der Waals surface area contributed by atoms with E-state index in [4.69, 9.17) is 0 Å². The van der Waals surface area contributed by atoms with Gasteiger partial charge in [0.2, 0.25) is 0 Å². The van der Waals surface area contributed by atoms with Crippen LogP contribution in [0.4, 0.5) is 10.1 Å². The molecule has 4 heteroatoms. The van der Waals surface area contributed by atoms with E-state index in [0.29, 0.717) is 12.2 Å². The van der Waals surface area contributed by atoms with E-state index in [9.17, 15) is 9.18 Å². The van der Waals surface area contributed by atoms with Gasteiger partial charge in [0.1, 0.15) is 12.1 Å².